The number of halogens is 3. The molecule has 1 saturated heterocycles. The summed E-state index contributed by atoms with van der Waals surface area (Å²) in [4.78, 5) is 64.9. The zero-order valence-corrected chi connectivity index (χ0v) is 42.1. The fourth-order valence-electron chi connectivity index (χ4n) is 9.30. The molecule has 4 amide bonds. The number of hydrogen-bond acceptors (Lipinski definition) is 10. The van der Waals surface area contributed by atoms with Crippen LogP contribution in [0.2, 0.25) is 0 Å². The molecule has 5 aromatic rings. The quantitative estimate of drug-likeness (QED) is 0.0434. The fraction of sp³-hybridized carbons (Fsp3) is 0.453. The van der Waals surface area contributed by atoms with Crippen molar-refractivity contribution in [3.05, 3.63) is 118 Å². The highest BCUT2D eigenvalue weighted by Gasteiger charge is 2.45. The molecule has 14 nitrogen and oxygen atoms in total. The van der Waals surface area contributed by atoms with E-state index in [-0.39, 0.29) is 76.2 Å². The van der Waals surface area contributed by atoms with Crippen molar-refractivity contribution < 1.29 is 46.9 Å². The molecule has 1 unspecified atom stereocenters. The molecule has 1 fully saturated rings. The van der Waals surface area contributed by atoms with Gasteiger partial charge in [0.2, 0.25) is 23.6 Å². The second-order valence-corrected chi connectivity index (χ2v) is 20.9. The van der Waals surface area contributed by atoms with Crippen molar-refractivity contribution in [1.29, 1.82) is 0 Å². The summed E-state index contributed by atoms with van der Waals surface area (Å²) < 4.78 is 58.3. The predicted molar refractivity (Wildman–Crippen MR) is 267 cm³/mol. The van der Waals surface area contributed by atoms with E-state index in [0.717, 1.165) is 56.4 Å². The minimum atomic E-state index is -1.63. The van der Waals surface area contributed by atoms with Gasteiger partial charge in [-0.15, -0.1) is 11.3 Å². The Labute approximate surface area is 416 Å². The predicted octanol–water partition coefficient (Wildman–Crippen LogP) is 6.93. The number of thiazole rings is 1. The first-order valence-electron chi connectivity index (χ1n) is 23.9. The van der Waals surface area contributed by atoms with E-state index in [2.05, 4.69) is 25.9 Å². The van der Waals surface area contributed by atoms with Crippen LogP contribution < -0.4 is 16.0 Å². The van der Waals surface area contributed by atoms with Crippen LogP contribution >= 0.6 is 11.3 Å². The van der Waals surface area contributed by atoms with Crippen molar-refractivity contribution in [2.45, 2.75) is 104 Å². The summed E-state index contributed by atoms with van der Waals surface area (Å²) in [7, 11) is 0. The van der Waals surface area contributed by atoms with E-state index in [9.17, 15) is 24.3 Å². The number of aromatic amines is 1. The van der Waals surface area contributed by atoms with Crippen molar-refractivity contribution in [3.8, 4) is 10.4 Å². The monoisotopic (exact) mass is 999 g/mol. The van der Waals surface area contributed by atoms with Crippen LogP contribution in [0.4, 0.5) is 13.2 Å². The van der Waals surface area contributed by atoms with Gasteiger partial charge >= 0.3 is 0 Å². The molecule has 0 saturated carbocycles. The molecule has 2 aliphatic rings. The number of likely N-dealkylation sites (tertiary alicyclic amines) is 1. The molecule has 4 heterocycles. The number of carbonyl (C=O) groups excluding carboxylic acids is 4. The standard InChI is InChI=1S/C53H64F3N7O7S/c1-31-22-38-37-10-8-9-11-41(37)60-46(38)47(63(31)29-53(6,7)56)45-39(54)23-34(24-40(45)55)14-17-43(65)57-18-19-69-20-21-70-28-44(66)61-49(52(3,4)5)51(68)62-27-36(64)25-42(62)50(67)58-26-33-12-15-35(16-13-33)48-32(2)59-30-71-48/h8-17,23-24,30-31,36,42,47,49,60,64H,18-22,25-29H2,1-7H3,(H,57,65)(H,58,67)(H,61,66)/b17-14+/t31-,36-,42+,47-,49?/m1/s1. The number of nitrogens with one attached hydrogen (secondary N) is 4. The van der Waals surface area contributed by atoms with Gasteiger partial charge in [0.1, 0.15) is 36.0 Å². The zero-order chi connectivity index (χ0) is 51.2. The molecule has 5 atom stereocenters. The maximum Gasteiger partial charge on any atom is 0.246 e. The number of H-pyrrole nitrogens is 1. The molecule has 380 valence electrons. The number of amides is 4. The van der Waals surface area contributed by atoms with Gasteiger partial charge in [0.25, 0.3) is 0 Å². The van der Waals surface area contributed by atoms with Crippen LogP contribution in [0.1, 0.15) is 87.6 Å². The third-order valence-corrected chi connectivity index (χ3v) is 13.7. The number of hydrogen-bond donors (Lipinski definition) is 5. The highest BCUT2D eigenvalue weighted by molar-refractivity contribution is 7.13. The molecule has 7 rings (SSSR count). The number of carbonyl (C=O) groups is 4. The second-order valence-electron chi connectivity index (χ2n) is 20.0. The summed E-state index contributed by atoms with van der Waals surface area (Å²) in [6, 6.07) is 14.7. The van der Waals surface area contributed by atoms with Gasteiger partial charge in [0.15, 0.2) is 0 Å². The lowest BCUT2D eigenvalue weighted by atomic mass is 9.85. The Balaban J connectivity index is 0.838. The first-order chi connectivity index (χ1) is 33.7. The minimum absolute atomic E-state index is 0.0291. The van der Waals surface area contributed by atoms with Crippen LogP contribution in [0.5, 0.6) is 0 Å². The number of fused-ring (bicyclic) bond motifs is 3. The SMILES string of the molecule is Cc1ncsc1-c1ccc(CNC(=O)[C@@H]2C[C@@H](O)CN2C(=O)C(NC(=O)COCCOCCNC(=O)/C=C/c2cc(F)c([C@@H]3c4[nH]c5ccccc5c4C[C@@H](C)N3CC(C)(C)F)c(F)c2)C(C)(C)C)cc1. The van der Waals surface area contributed by atoms with Gasteiger partial charge in [-0.3, -0.25) is 24.1 Å². The summed E-state index contributed by atoms with van der Waals surface area (Å²) >= 11 is 1.55. The van der Waals surface area contributed by atoms with E-state index in [4.69, 9.17) is 9.47 Å². The van der Waals surface area contributed by atoms with Crippen LogP contribution in [0.25, 0.3) is 27.4 Å². The topological polar surface area (TPSA) is 178 Å². The van der Waals surface area contributed by atoms with Gasteiger partial charge in [-0.2, -0.15) is 0 Å². The van der Waals surface area contributed by atoms with E-state index in [0.29, 0.717) is 12.1 Å². The van der Waals surface area contributed by atoms with Gasteiger partial charge < -0.3 is 40.4 Å². The summed E-state index contributed by atoms with van der Waals surface area (Å²) in [6.45, 7) is 12.2. The number of nitrogens with zero attached hydrogens (tertiary/aromatic N) is 3. The number of rotatable bonds is 19. The number of ether oxygens (including phenoxy) is 2. The minimum Gasteiger partial charge on any atom is -0.391 e. The molecule has 2 aliphatic heterocycles. The molecule has 3 aromatic carbocycles. The van der Waals surface area contributed by atoms with Gasteiger partial charge in [-0.25, -0.2) is 18.2 Å². The van der Waals surface area contributed by atoms with Gasteiger partial charge in [-0.1, -0.05) is 63.2 Å². The van der Waals surface area contributed by atoms with Crippen LogP contribution in [-0.2, 0) is 41.6 Å². The maximum absolute atomic E-state index is 16.1. The Bertz CT molecular complexity index is 2710. The molecular formula is C53H64F3N7O7S. The summed E-state index contributed by atoms with van der Waals surface area (Å²) in [6.07, 6.45) is 2.20. The van der Waals surface area contributed by atoms with Crippen molar-refractivity contribution in [1.82, 2.24) is 35.7 Å². The third kappa shape index (κ3) is 13.1. The lowest BCUT2D eigenvalue weighted by molar-refractivity contribution is -0.144. The first kappa shape index (κ1) is 52.9. The second kappa shape index (κ2) is 22.7. The lowest BCUT2D eigenvalue weighted by Gasteiger charge is -2.43. The number of benzene rings is 3. The van der Waals surface area contributed by atoms with Gasteiger partial charge in [0, 0.05) is 66.9 Å². The lowest BCUT2D eigenvalue weighted by Crippen LogP contribution is -2.58. The Morgan fingerprint density at radius 2 is 1.69 bits per heavy atom. The number of aromatic nitrogens is 2. The van der Waals surface area contributed by atoms with Crippen molar-refractivity contribution >= 4 is 51.9 Å². The average Bonchev–Trinajstić information content (AvgIpc) is 4.03. The number of aliphatic hydroxyl groups excluding tert-OH is 1. The molecule has 18 heteroatoms. The van der Waals surface area contributed by atoms with E-state index in [1.807, 2.05) is 62.4 Å². The summed E-state index contributed by atoms with van der Waals surface area (Å²) in [5.41, 5.74) is 4.58. The first-order valence-corrected chi connectivity index (χ1v) is 24.8. The third-order valence-electron chi connectivity index (χ3n) is 12.7. The van der Waals surface area contributed by atoms with E-state index in [1.54, 1.807) is 42.5 Å². The highest BCUT2D eigenvalue weighted by atomic mass is 32.1. The molecule has 0 bridgehead atoms. The maximum atomic E-state index is 16.1. The summed E-state index contributed by atoms with van der Waals surface area (Å²) in [5, 5.41) is 19.8. The van der Waals surface area contributed by atoms with Crippen LogP contribution in [0.3, 0.4) is 0 Å². The Hall–Kier alpha value is -5.92. The molecule has 0 radical (unpaired) electrons. The molecule has 0 aliphatic carbocycles. The number of alkyl halides is 1. The number of para-hydroxylation sites is 1. The Morgan fingerprint density at radius 1 is 0.986 bits per heavy atom. The zero-order valence-electron chi connectivity index (χ0n) is 41.2. The smallest absolute Gasteiger partial charge is 0.246 e. The highest BCUT2D eigenvalue weighted by Crippen LogP contribution is 2.43. The van der Waals surface area contributed by atoms with Crippen molar-refractivity contribution in [3.63, 3.8) is 0 Å². The normalized spacial score (nSPS) is 19.0. The van der Waals surface area contributed by atoms with E-state index in [1.165, 1.54) is 24.8 Å². The largest absolute Gasteiger partial charge is 0.391 e. The van der Waals surface area contributed by atoms with Crippen LogP contribution in [0, 0.1) is 24.0 Å². The molecule has 2 aromatic heterocycles. The molecule has 71 heavy (non-hydrogen) atoms. The number of aliphatic hydroxyl groups is 1. The summed E-state index contributed by atoms with van der Waals surface area (Å²) in [5.74, 6) is -3.62. The number of β-amino-alcohol motifs (C(OH)–C–C–N with tert-alkyl or cyclic N) is 1. The Morgan fingerprint density at radius 3 is 2.37 bits per heavy atom. The fourth-order valence-corrected chi connectivity index (χ4v) is 10.1. The van der Waals surface area contributed by atoms with Gasteiger partial charge in [-0.05, 0) is 86.1 Å². The van der Waals surface area contributed by atoms with Crippen molar-refractivity contribution in [2.75, 3.05) is 46.1 Å². The van der Waals surface area contributed by atoms with Gasteiger partial charge in [0.05, 0.1) is 48.0 Å². The van der Waals surface area contributed by atoms with Crippen LogP contribution in [0.15, 0.2) is 72.3 Å². The van der Waals surface area contributed by atoms with Crippen molar-refractivity contribution in [2.24, 2.45) is 5.41 Å². The molecule has 0 spiro atoms. The Kier molecular flexibility index (Phi) is 16.9. The average molecular weight is 1000 g/mol. The van der Waals surface area contributed by atoms with E-state index >= 15 is 13.2 Å². The van der Waals surface area contributed by atoms with E-state index < -0.39 is 70.6 Å². The molecular weight excluding hydrogens is 936 g/mol. The number of aryl methyl sites for hydroxylation is 1. The molecule has 5 N–H and O–H groups in total. The van der Waals surface area contributed by atoms with Crippen LogP contribution in [-0.4, -0.2) is 124 Å².